The largest absolute Gasteiger partial charge is 0.459 e. The number of aliphatic hydroxyl groups is 1. The Morgan fingerprint density at radius 1 is 1.47 bits per heavy atom. The molecule has 2 atom stereocenters. The molecule has 0 amide bonds. The Morgan fingerprint density at radius 2 is 2.13 bits per heavy atom. The van der Waals surface area contributed by atoms with Crippen LogP contribution in [0.25, 0.3) is 0 Å². The van der Waals surface area contributed by atoms with E-state index in [-0.39, 0.29) is 17.3 Å². The minimum Gasteiger partial charge on any atom is -0.459 e. The molecule has 0 spiro atoms. The number of thioether (sulfide) groups is 1. The van der Waals surface area contributed by atoms with E-state index in [2.05, 4.69) is 0 Å². The highest BCUT2D eigenvalue weighted by atomic mass is 32.2. The van der Waals surface area contributed by atoms with E-state index in [1.807, 2.05) is 20.8 Å². The van der Waals surface area contributed by atoms with E-state index in [1.54, 1.807) is 0 Å². The quantitative estimate of drug-likeness (QED) is 0.756. The Balaban J connectivity index is 2.22. The first kappa shape index (κ1) is 12.8. The molecule has 3 nitrogen and oxygen atoms in total. The van der Waals surface area contributed by atoms with Gasteiger partial charge in [0.2, 0.25) is 0 Å². The SMILES string of the molecule is CC(C)(C)OC(=O)CS[C@@H]1CCC[C@H]1O. The van der Waals surface area contributed by atoms with Crippen molar-refractivity contribution < 1.29 is 14.6 Å². The normalized spacial score (nSPS) is 26.7. The van der Waals surface area contributed by atoms with Gasteiger partial charge in [-0.15, -0.1) is 11.8 Å². The third-order valence-corrected chi connectivity index (χ3v) is 3.63. The van der Waals surface area contributed by atoms with Crippen molar-refractivity contribution in [3.05, 3.63) is 0 Å². The predicted octanol–water partition coefficient (Wildman–Crippen LogP) is 1.97. The van der Waals surface area contributed by atoms with Crippen LogP contribution in [0.2, 0.25) is 0 Å². The van der Waals surface area contributed by atoms with Crippen molar-refractivity contribution in [2.75, 3.05) is 5.75 Å². The summed E-state index contributed by atoms with van der Waals surface area (Å²) in [7, 11) is 0. The Bertz CT molecular complexity index is 222. The van der Waals surface area contributed by atoms with Crippen LogP contribution in [-0.2, 0) is 9.53 Å². The van der Waals surface area contributed by atoms with Gasteiger partial charge in [0.15, 0.2) is 0 Å². The number of hydrogen-bond acceptors (Lipinski definition) is 4. The minimum absolute atomic E-state index is 0.188. The molecule has 1 aliphatic carbocycles. The van der Waals surface area contributed by atoms with Gasteiger partial charge >= 0.3 is 5.97 Å². The van der Waals surface area contributed by atoms with Gasteiger partial charge in [0.05, 0.1) is 11.9 Å². The molecule has 1 fully saturated rings. The summed E-state index contributed by atoms with van der Waals surface area (Å²) in [5, 5.41) is 9.78. The molecule has 1 rings (SSSR count). The molecule has 0 aromatic rings. The highest BCUT2D eigenvalue weighted by molar-refractivity contribution is 8.00. The van der Waals surface area contributed by atoms with Gasteiger partial charge in [0, 0.05) is 5.25 Å². The zero-order valence-electron chi connectivity index (χ0n) is 9.66. The fraction of sp³-hybridized carbons (Fsp3) is 0.909. The van der Waals surface area contributed by atoms with Crippen LogP contribution in [0.5, 0.6) is 0 Å². The fourth-order valence-corrected chi connectivity index (χ4v) is 2.75. The summed E-state index contributed by atoms with van der Waals surface area (Å²) in [5.74, 6) is 0.158. The Morgan fingerprint density at radius 3 is 2.60 bits per heavy atom. The standard InChI is InChI=1S/C11H20O3S/c1-11(2,3)14-10(13)7-15-9-6-4-5-8(9)12/h8-9,12H,4-7H2,1-3H3/t8-,9-/m1/s1. The second-order valence-electron chi connectivity index (χ2n) is 4.93. The summed E-state index contributed by atoms with van der Waals surface area (Å²) in [6.07, 6.45) is 2.70. The molecule has 4 heteroatoms. The second kappa shape index (κ2) is 5.21. The highest BCUT2D eigenvalue weighted by Gasteiger charge is 2.27. The van der Waals surface area contributed by atoms with E-state index >= 15 is 0 Å². The van der Waals surface area contributed by atoms with Crippen molar-refractivity contribution in [2.45, 2.75) is 57.0 Å². The monoisotopic (exact) mass is 232 g/mol. The van der Waals surface area contributed by atoms with Crippen molar-refractivity contribution in [1.82, 2.24) is 0 Å². The van der Waals surface area contributed by atoms with Gasteiger partial charge in [-0.1, -0.05) is 0 Å². The number of carbonyl (C=O) groups excluding carboxylic acids is 1. The lowest BCUT2D eigenvalue weighted by molar-refractivity contribution is -0.151. The van der Waals surface area contributed by atoms with Crippen LogP contribution in [0.1, 0.15) is 40.0 Å². The Kier molecular flexibility index (Phi) is 4.46. The van der Waals surface area contributed by atoms with Gasteiger partial charge in [-0.3, -0.25) is 4.79 Å². The summed E-state index contributed by atoms with van der Waals surface area (Å²) in [5.41, 5.74) is -0.411. The fourth-order valence-electron chi connectivity index (χ4n) is 1.65. The second-order valence-corrected chi connectivity index (χ2v) is 6.16. The van der Waals surface area contributed by atoms with E-state index in [4.69, 9.17) is 4.74 Å². The van der Waals surface area contributed by atoms with Crippen LogP contribution in [-0.4, -0.2) is 33.8 Å². The molecular weight excluding hydrogens is 212 g/mol. The molecule has 0 bridgehead atoms. The molecule has 1 aliphatic rings. The van der Waals surface area contributed by atoms with Gasteiger partial charge in [0.25, 0.3) is 0 Å². The number of rotatable bonds is 3. The molecule has 0 saturated heterocycles. The van der Waals surface area contributed by atoms with Crippen molar-refractivity contribution >= 4 is 17.7 Å². The zero-order chi connectivity index (χ0) is 11.5. The molecule has 0 heterocycles. The lowest BCUT2D eigenvalue weighted by Gasteiger charge is -2.20. The van der Waals surface area contributed by atoms with Crippen LogP contribution in [0.4, 0.5) is 0 Å². The number of carbonyl (C=O) groups is 1. The molecule has 0 aromatic heterocycles. The van der Waals surface area contributed by atoms with Gasteiger partial charge in [-0.05, 0) is 40.0 Å². The molecule has 1 N–H and O–H groups in total. The summed E-state index contributed by atoms with van der Waals surface area (Å²) >= 11 is 1.52. The van der Waals surface area contributed by atoms with E-state index in [0.717, 1.165) is 19.3 Å². The van der Waals surface area contributed by atoms with Crippen LogP contribution < -0.4 is 0 Å². The van der Waals surface area contributed by atoms with Crippen LogP contribution in [0.15, 0.2) is 0 Å². The first-order valence-electron chi connectivity index (χ1n) is 5.40. The summed E-state index contributed by atoms with van der Waals surface area (Å²) in [6.45, 7) is 5.58. The van der Waals surface area contributed by atoms with E-state index in [9.17, 15) is 9.90 Å². The maximum Gasteiger partial charge on any atom is 0.316 e. The lowest BCUT2D eigenvalue weighted by Crippen LogP contribution is -2.26. The lowest BCUT2D eigenvalue weighted by atomic mass is 10.2. The first-order valence-corrected chi connectivity index (χ1v) is 6.45. The third kappa shape index (κ3) is 4.89. The topological polar surface area (TPSA) is 46.5 Å². The van der Waals surface area contributed by atoms with E-state index in [1.165, 1.54) is 11.8 Å². The zero-order valence-corrected chi connectivity index (χ0v) is 10.5. The van der Waals surface area contributed by atoms with E-state index < -0.39 is 5.60 Å². The molecular formula is C11H20O3S. The highest BCUT2D eigenvalue weighted by Crippen LogP contribution is 2.30. The average molecular weight is 232 g/mol. The van der Waals surface area contributed by atoms with Gasteiger partial charge < -0.3 is 9.84 Å². The summed E-state index contributed by atoms with van der Waals surface area (Å²) in [4.78, 5) is 11.4. The number of hydrogen-bond donors (Lipinski definition) is 1. The predicted molar refractivity (Wildman–Crippen MR) is 61.9 cm³/mol. The minimum atomic E-state index is -0.411. The van der Waals surface area contributed by atoms with Crippen LogP contribution in [0, 0.1) is 0 Å². The summed E-state index contributed by atoms with van der Waals surface area (Å²) in [6, 6.07) is 0. The molecule has 0 unspecified atom stereocenters. The number of ether oxygens (including phenoxy) is 1. The smallest absolute Gasteiger partial charge is 0.316 e. The molecule has 0 aromatic carbocycles. The van der Waals surface area contributed by atoms with Gasteiger partial charge in [0.1, 0.15) is 5.60 Å². The maximum absolute atomic E-state index is 11.4. The number of aliphatic hydroxyl groups excluding tert-OH is 1. The maximum atomic E-state index is 11.4. The Labute approximate surface area is 95.6 Å². The summed E-state index contributed by atoms with van der Waals surface area (Å²) < 4.78 is 5.19. The Hall–Kier alpha value is -0.220. The van der Waals surface area contributed by atoms with Gasteiger partial charge in [-0.25, -0.2) is 0 Å². The van der Waals surface area contributed by atoms with Gasteiger partial charge in [-0.2, -0.15) is 0 Å². The first-order chi connectivity index (χ1) is 6.88. The third-order valence-electron chi connectivity index (χ3n) is 2.25. The molecule has 0 aliphatic heterocycles. The van der Waals surface area contributed by atoms with Crippen molar-refractivity contribution in [2.24, 2.45) is 0 Å². The molecule has 1 saturated carbocycles. The van der Waals surface area contributed by atoms with Crippen molar-refractivity contribution in [3.63, 3.8) is 0 Å². The van der Waals surface area contributed by atoms with Crippen molar-refractivity contribution in [3.8, 4) is 0 Å². The average Bonchev–Trinajstić information content (AvgIpc) is 2.44. The van der Waals surface area contributed by atoms with Crippen molar-refractivity contribution in [1.29, 1.82) is 0 Å². The molecule has 88 valence electrons. The van der Waals surface area contributed by atoms with Crippen LogP contribution in [0.3, 0.4) is 0 Å². The molecule has 15 heavy (non-hydrogen) atoms. The van der Waals surface area contributed by atoms with Crippen LogP contribution >= 0.6 is 11.8 Å². The number of esters is 1. The molecule has 0 radical (unpaired) electrons. The van der Waals surface area contributed by atoms with E-state index in [0.29, 0.717) is 5.75 Å².